The molecule has 0 radical (unpaired) electrons. The maximum absolute atomic E-state index is 12.3. The van der Waals surface area contributed by atoms with Gasteiger partial charge in [0.2, 0.25) is 5.91 Å². The van der Waals surface area contributed by atoms with E-state index in [0.717, 1.165) is 43.1 Å². The topological polar surface area (TPSA) is 65.5 Å². The summed E-state index contributed by atoms with van der Waals surface area (Å²) in [6.07, 6.45) is 4.37. The maximum atomic E-state index is 12.3. The zero-order valence-corrected chi connectivity index (χ0v) is 15.8. The molecule has 25 heavy (non-hydrogen) atoms. The summed E-state index contributed by atoms with van der Waals surface area (Å²) in [6.45, 7) is 8.72. The molecule has 0 heterocycles. The second-order valence-electron chi connectivity index (χ2n) is 7.14. The van der Waals surface area contributed by atoms with Crippen molar-refractivity contribution >= 4 is 17.6 Å². The Hall–Kier alpha value is -2.04. The minimum Gasteiger partial charge on any atom is -0.357 e. The van der Waals surface area contributed by atoms with Gasteiger partial charge in [-0.05, 0) is 43.4 Å². The molecule has 1 amide bonds. The van der Waals surface area contributed by atoms with Crippen molar-refractivity contribution in [2.75, 3.05) is 18.4 Å². The van der Waals surface area contributed by atoms with Gasteiger partial charge in [-0.3, -0.25) is 4.79 Å². The lowest BCUT2D eigenvalue weighted by Gasteiger charge is -2.13. The van der Waals surface area contributed by atoms with E-state index in [9.17, 15) is 4.79 Å². The van der Waals surface area contributed by atoms with Crippen molar-refractivity contribution in [1.82, 2.24) is 10.6 Å². The van der Waals surface area contributed by atoms with Crippen molar-refractivity contribution in [2.45, 2.75) is 53.0 Å². The van der Waals surface area contributed by atoms with E-state index >= 15 is 0 Å². The Balaban J connectivity index is 1.94. The highest BCUT2D eigenvalue weighted by Gasteiger charge is 2.22. The largest absolute Gasteiger partial charge is 0.357 e. The van der Waals surface area contributed by atoms with Gasteiger partial charge in [-0.15, -0.1) is 0 Å². The van der Waals surface area contributed by atoms with Crippen LogP contribution in [0.5, 0.6) is 0 Å². The van der Waals surface area contributed by atoms with E-state index in [1.807, 2.05) is 24.3 Å². The number of nitrogens with zero attached hydrogens (tertiary/aromatic N) is 1. The molecule has 0 saturated heterocycles. The van der Waals surface area contributed by atoms with Crippen molar-refractivity contribution in [3.05, 3.63) is 29.8 Å². The Labute approximate surface area is 151 Å². The predicted molar refractivity (Wildman–Crippen MR) is 105 cm³/mol. The van der Waals surface area contributed by atoms with Crippen molar-refractivity contribution in [3.8, 4) is 0 Å². The summed E-state index contributed by atoms with van der Waals surface area (Å²) < 4.78 is 0. The number of anilines is 1. The quantitative estimate of drug-likeness (QED) is 0.524. The number of hydrogen-bond acceptors (Lipinski definition) is 2. The van der Waals surface area contributed by atoms with Crippen LogP contribution in [-0.4, -0.2) is 25.0 Å². The molecule has 1 aliphatic rings. The summed E-state index contributed by atoms with van der Waals surface area (Å²) >= 11 is 0. The molecule has 1 aromatic carbocycles. The van der Waals surface area contributed by atoms with Crippen molar-refractivity contribution in [2.24, 2.45) is 16.8 Å². The zero-order chi connectivity index (χ0) is 18.1. The average molecular weight is 345 g/mol. The lowest BCUT2D eigenvalue weighted by atomic mass is 10.1. The fourth-order valence-corrected chi connectivity index (χ4v) is 2.99. The third-order valence-electron chi connectivity index (χ3n) is 4.36. The van der Waals surface area contributed by atoms with Crippen LogP contribution in [0.1, 0.15) is 52.0 Å². The first-order chi connectivity index (χ1) is 12.1. The smallest absolute Gasteiger partial charge is 0.227 e. The number of carbonyl (C=O) groups excluding carboxylic acids is 1. The van der Waals surface area contributed by atoms with Crippen LogP contribution in [0.25, 0.3) is 0 Å². The van der Waals surface area contributed by atoms with E-state index in [2.05, 4.69) is 41.7 Å². The second kappa shape index (κ2) is 10.1. The first-order valence-corrected chi connectivity index (χ1v) is 9.50. The van der Waals surface area contributed by atoms with Crippen LogP contribution in [0.2, 0.25) is 0 Å². The van der Waals surface area contributed by atoms with Gasteiger partial charge in [0, 0.05) is 24.7 Å². The lowest BCUT2D eigenvalue weighted by Crippen LogP contribution is -2.39. The fraction of sp³-hybridized carbons (Fsp3) is 0.600. The summed E-state index contributed by atoms with van der Waals surface area (Å²) in [5, 5.41) is 9.66. The highest BCUT2D eigenvalue weighted by molar-refractivity contribution is 5.92. The highest BCUT2D eigenvalue weighted by atomic mass is 16.1. The number of carbonyl (C=O) groups is 1. The number of rotatable bonds is 7. The first-order valence-electron chi connectivity index (χ1n) is 9.50. The van der Waals surface area contributed by atoms with Gasteiger partial charge in [0.1, 0.15) is 0 Å². The van der Waals surface area contributed by atoms with Gasteiger partial charge in [0.25, 0.3) is 0 Å². The molecular weight excluding hydrogens is 312 g/mol. The molecule has 5 heteroatoms. The van der Waals surface area contributed by atoms with Gasteiger partial charge in [0.15, 0.2) is 5.96 Å². The van der Waals surface area contributed by atoms with Gasteiger partial charge in [-0.2, -0.15) is 0 Å². The first kappa shape index (κ1) is 19.3. The molecule has 0 aromatic heterocycles. The Kier molecular flexibility index (Phi) is 7.76. The third kappa shape index (κ3) is 6.77. The molecule has 138 valence electrons. The van der Waals surface area contributed by atoms with E-state index in [1.165, 1.54) is 12.8 Å². The van der Waals surface area contributed by atoms with Crippen LogP contribution in [-0.2, 0) is 11.3 Å². The molecule has 5 nitrogen and oxygen atoms in total. The van der Waals surface area contributed by atoms with Gasteiger partial charge in [-0.25, -0.2) is 4.99 Å². The zero-order valence-electron chi connectivity index (χ0n) is 15.8. The predicted octanol–water partition coefficient (Wildman–Crippen LogP) is 3.53. The molecule has 0 unspecified atom stereocenters. The molecule has 3 N–H and O–H groups in total. The third-order valence-corrected chi connectivity index (χ3v) is 4.36. The number of amides is 1. The van der Waals surface area contributed by atoms with Gasteiger partial charge < -0.3 is 16.0 Å². The number of benzene rings is 1. The van der Waals surface area contributed by atoms with Crippen molar-refractivity contribution in [3.63, 3.8) is 0 Å². The second-order valence-corrected chi connectivity index (χ2v) is 7.14. The van der Waals surface area contributed by atoms with Crippen LogP contribution in [0, 0.1) is 11.8 Å². The van der Waals surface area contributed by atoms with Gasteiger partial charge in [0.05, 0.1) is 6.54 Å². The normalized spacial score (nSPS) is 15.4. The molecule has 0 bridgehead atoms. The number of guanidine groups is 1. The summed E-state index contributed by atoms with van der Waals surface area (Å²) in [5.74, 6) is 1.74. The summed E-state index contributed by atoms with van der Waals surface area (Å²) in [6, 6.07) is 7.98. The van der Waals surface area contributed by atoms with E-state index < -0.39 is 0 Å². The molecule has 2 rings (SSSR count). The molecule has 1 aromatic rings. The standard InChI is InChI=1S/C20H32N4O/c1-4-21-20(22-13-15(2)3)23-14-16-8-7-11-18(12-16)24-19(25)17-9-5-6-10-17/h7-8,11-12,15,17H,4-6,9-10,13-14H2,1-3H3,(H,24,25)(H2,21,22,23). The fourth-order valence-electron chi connectivity index (χ4n) is 2.99. The highest BCUT2D eigenvalue weighted by Crippen LogP contribution is 2.26. The van der Waals surface area contributed by atoms with Crippen molar-refractivity contribution in [1.29, 1.82) is 0 Å². The minimum absolute atomic E-state index is 0.157. The van der Waals surface area contributed by atoms with E-state index in [1.54, 1.807) is 0 Å². The van der Waals surface area contributed by atoms with E-state index in [-0.39, 0.29) is 11.8 Å². The number of nitrogens with one attached hydrogen (secondary N) is 3. The number of aliphatic imine (C=N–C) groups is 1. The summed E-state index contributed by atoms with van der Waals surface area (Å²) in [7, 11) is 0. The molecule has 1 fully saturated rings. The van der Waals surface area contributed by atoms with Gasteiger partial charge in [-0.1, -0.05) is 38.8 Å². The van der Waals surface area contributed by atoms with Crippen molar-refractivity contribution < 1.29 is 4.79 Å². The Bertz CT molecular complexity index is 577. The Morgan fingerprint density at radius 1 is 1.24 bits per heavy atom. The summed E-state index contributed by atoms with van der Waals surface area (Å²) in [5.41, 5.74) is 1.95. The average Bonchev–Trinajstić information content (AvgIpc) is 3.12. The van der Waals surface area contributed by atoms with Gasteiger partial charge >= 0.3 is 0 Å². The van der Waals surface area contributed by atoms with Crippen LogP contribution in [0.15, 0.2) is 29.3 Å². The SMILES string of the molecule is CCNC(=NCc1cccc(NC(=O)C2CCCC2)c1)NCC(C)C. The van der Waals surface area contributed by atoms with Crippen LogP contribution < -0.4 is 16.0 Å². The summed E-state index contributed by atoms with van der Waals surface area (Å²) in [4.78, 5) is 16.9. The Morgan fingerprint density at radius 3 is 2.68 bits per heavy atom. The van der Waals surface area contributed by atoms with Crippen LogP contribution in [0.3, 0.4) is 0 Å². The van der Waals surface area contributed by atoms with E-state index in [0.29, 0.717) is 12.5 Å². The van der Waals surface area contributed by atoms with Crippen LogP contribution in [0.4, 0.5) is 5.69 Å². The lowest BCUT2D eigenvalue weighted by molar-refractivity contribution is -0.119. The monoisotopic (exact) mass is 344 g/mol. The maximum Gasteiger partial charge on any atom is 0.227 e. The molecule has 0 aliphatic heterocycles. The Morgan fingerprint density at radius 2 is 2.00 bits per heavy atom. The molecule has 1 saturated carbocycles. The molecule has 0 atom stereocenters. The van der Waals surface area contributed by atoms with E-state index in [4.69, 9.17) is 0 Å². The molecular formula is C20H32N4O. The molecule has 1 aliphatic carbocycles. The van der Waals surface area contributed by atoms with Crippen LogP contribution >= 0.6 is 0 Å². The molecule has 0 spiro atoms. The minimum atomic E-state index is 0.157. The number of hydrogen-bond donors (Lipinski definition) is 3.